The van der Waals surface area contributed by atoms with Crippen molar-refractivity contribution in [2.75, 3.05) is 26.2 Å². The van der Waals surface area contributed by atoms with E-state index in [1.54, 1.807) is 29.0 Å². The number of hydrogen-bond donors (Lipinski definition) is 6. The SMILES string of the molecule is C1=CC2N=CNN2C=C1.CC.CC.CC.CC.CC.CC.CC.CC.CC(C)(C)C.CC(C)(C)C.CC(C)(C)C.CC(C)(C)C.CC(C)(C)C.CC(C)(C)c1nc2c(s1)CCNC2.CC(C)(C)c1nc2c(s1)CNCC2.CC(C)(C)c1nc2ccccc2o1.c1ccc2c(c1)CNC2.c1ccc2ocnc2c1.c1nc2c(s1)CCNC2.c1nc2c(s1)CNCC2. The van der Waals surface area contributed by atoms with E-state index < -0.39 is 0 Å². The summed E-state index contributed by atoms with van der Waals surface area (Å²) >= 11 is 7.29. The number of nitrogens with zero attached hydrogens (tertiary/aromatic N) is 8. The van der Waals surface area contributed by atoms with E-state index in [0.717, 1.165) is 113 Å². The Balaban J connectivity index is -0.000000415. The molecule has 716 valence electrons. The molecular formula is C105H190N14O2S4. The highest BCUT2D eigenvalue weighted by molar-refractivity contribution is 7.12. The van der Waals surface area contributed by atoms with Crippen LogP contribution in [0.25, 0.3) is 22.2 Å². The minimum atomic E-state index is -0.0149. The van der Waals surface area contributed by atoms with E-state index in [1.165, 1.54) is 76.2 Å². The van der Waals surface area contributed by atoms with Gasteiger partial charge in [0, 0.05) is 120 Å². The summed E-state index contributed by atoms with van der Waals surface area (Å²) in [4.78, 5) is 36.1. The maximum absolute atomic E-state index is 5.62. The molecule has 9 aromatic rings. The zero-order chi connectivity index (χ0) is 97.4. The number of aliphatic imine (C=N–C) groups is 1. The molecule has 20 heteroatoms. The average molecular weight is 1810 g/mol. The number of benzene rings is 3. The Morgan fingerprint density at radius 1 is 0.352 bits per heavy atom. The molecule has 7 aliphatic heterocycles. The van der Waals surface area contributed by atoms with E-state index in [0.29, 0.717) is 27.1 Å². The van der Waals surface area contributed by atoms with Crippen molar-refractivity contribution in [2.45, 2.75) is 399 Å². The molecule has 6 aromatic heterocycles. The van der Waals surface area contributed by atoms with Crippen LogP contribution < -0.4 is 32.0 Å². The predicted molar refractivity (Wildman–Crippen MR) is 563 cm³/mol. The van der Waals surface area contributed by atoms with Crippen molar-refractivity contribution >= 4 is 73.9 Å². The number of hydrazine groups is 1. The quantitative estimate of drug-likeness (QED) is 0.0840. The molecule has 0 bridgehead atoms. The molecule has 0 amide bonds. The van der Waals surface area contributed by atoms with Crippen molar-refractivity contribution in [2.24, 2.45) is 32.1 Å². The van der Waals surface area contributed by atoms with Gasteiger partial charge >= 0.3 is 0 Å². The lowest BCUT2D eigenvalue weighted by molar-refractivity contribution is 0.316. The Morgan fingerprint density at radius 3 is 1.16 bits per heavy atom. The smallest absolute Gasteiger partial charge is 0.200 e. The van der Waals surface area contributed by atoms with Gasteiger partial charge in [-0.15, -0.1) is 45.3 Å². The molecule has 3 aromatic carbocycles. The molecule has 0 saturated carbocycles. The van der Waals surface area contributed by atoms with Crippen molar-refractivity contribution in [1.82, 2.24) is 66.9 Å². The molecule has 6 N–H and O–H groups in total. The second kappa shape index (κ2) is 69.6. The average Bonchev–Trinajstić information content (AvgIpc) is 1.68. The van der Waals surface area contributed by atoms with Crippen LogP contribution in [0.2, 0.25) is 0 Å². The van der Waals surface area contributed by atoms with Crippen LogP contribution in [0.1, 0.15) is 381 Å². The van der Waals surface area contributed by atoms with Crippen LogP contribution in [0.4, 0.5) is 0 Å². The first-order chi connectivity index (χ1) is 58.5. The third-order valence-corrected chi connectivity index (χ3v) is 18.8. The van der Waals surface area contributed by atoms with Gasteiger partial charge in [-0.3, -0.25) is 10.4 Å². The maximum atomic E-state index is 5.62. The van der Waals surface area contributed by atoms with Crippen LogP contribution >= 0.6 is 45.3 Å². The zero-order valence-electron chi connectivity index (χ0n) is 88.6. The third kappa shape index (κ3) is 66.7. The van der Waals surface area contributed by atoms with E-state index in [2.05, 4.69) is 287 Å². The van der Waals surface area contributed by atoms with Crippen molar-refractivity contribution in [1.29, 1.82) is 0 Å². The molecule has 7 aliphatic rings. The van der Waals surface area contributed by atoms with Crippen LogP contribution in [-0.4, -0.2) is 73.6 Å². The summed E-state index contributed by atoms with van der Waals surface area (Å²) in [5.74, 6) is 0.800. The van der Waals surface area contributed by atoms with E-state index in [-0.39, 0.29) is 22.4 Å². The first-order valence-corrected chi connectivity index (χ1v) is 50.4. The van der Waals surface area contributed by atoms with Crippen LogP contribution in [0, 0.1) is 27.1 Å². The summed E-state index contributed by atoms with van der Waals surface area (Å²) in [5.41, 5.74) is 21.4. The van der Waals surface area contributed by atoms with Gasteiger partial charge < -0.3 is 35.4 Å². The molecule has 0 fully saturated rings. The highest BCUT2D eigenvalue weighted by Crippen LogP contribution is 2.33. The van der Waals surface area contributed by atoms with Crippen LogP contribution in [-0.2, 0) is 81.2 Å². The number of hydrogen-bond acceptors (Lipinski definition) is 20. The van der Waals surface area contributed by atoms with E-state index in [1.807, 2.05) is 222 Å². The fraction of sp³-hybridized carbons (Fsp3) is 0.648. The first-order valence-electron chi connectivity index (χ1n) is 47.0. The van der Waals surface area contributed by atoms with Crippen molar-refractivity contribution in [3.63, 3.8) is 0 Å². The predicted octanol–water partition coefficient (Wildman–Crippen LogP) is 30.7. The summed E-state index contributed by atoms with van der Waals surface area (Å²) in [6.07, 6.45) is 15.8. The first kappa shape index (κ1) is 127. The van der Waals surface area contributed by atoms with Gasteiger partial charge in [0.05, 0.1) is 43.8 Å². The number of para-hydroxylation sites is 4. The second-order valence-corrected chi connectivity index (χ2v) is 42.9. The van der Waals surface area contributed by atoms with Gasteiger partial charge in [-0.25, -0.2) is 34.9 Å². The summed E-state index contributed by atoms with van der Waals surface area (Å²) in [6.45, 7) is 106. The van der Waals surface area contributed by atoms with Crippen molar-refractivity contribution in [3.8, 4) is 0 Å². The molecule has 13 heterocycles. The van der Waals surface area contributed by atoms with E-state index >= 15 is 0 Å². The number of oxazole rings is 2. The van der Waals surface area contributed by atoms with Crippen molar-refractivity contribution in [3.05, 3.63) is 184 Å². The van der Waals surface area contributed by atoms with Crippen molar-refractivity contribution < 1.29 is 8.83 Å². The molecule has 0 aliphatic carbocycles. The topological polar surface area (TPSA) is 191 Å². The standard InChI is InChI=1S/C11H13NO.2C10H16N2S.C8H9N.C7H5NO.C6H7N3.2C6H8N2S.5C5H12.8C2H6/c1-11(2,3)10-12-8-6-4-5-7-9(8)13-10;1-10(2,3)9-12-7-6-11-5-4-8(7)13-9;1-10(2,3)9-12-7-4-5-11-6-8(7)13-9;1-2-4-8-6-9-5-7(8)3-1;1-2-4-7-6(3-1)8-5-9-7;1-2-4-9-6(3-1)7-5-8-9;1-2-7-3-5-6(1)9-4-8-5;1-2-7-3-6-5(1)8-4-9-6;5*1-5(2,3)4;8*1-2/h4-7H,1-3H3;2*11H,4-6H2,1-3H3;1-4,9H,5-6H2;1-5H;1-6H,(H,7,8);2*4,7H,1-3H2;5*1-4H3;8*1-2H3. The molecule has 16 nitrogen and oxygen atoms in total. The summed E-state index contributed by atoms with van der Waals surface area (Å²) in [5, 5.41) is 21.1. The molecule has 16 rings (SSSR count). The molecule has 0 radical (unpaired) electrons. The fourth-order valence-electron chi connectivity index (χ4n) is 9.13. The van der Waals surface area contributed by atoms with Crippen LogP contribution in [0.5, 0.6) is 0 Å². The number of thiazole rings is 4. The second-order valence-electron chi connectivity index (χ2n) is 38.8. The monoisotopic (exact) mass is 1810 g/mol. The van der Waals surface area contributed by atoms with Gasteiger partial charge in [-0.2, -0.15) is 0 Å². The molecular weight excluding hydrogens is 1620 g/mol. The zero-order valence-corrected chi connectivity index (χ0v) is 91.8. The Hall–Kier alpha value is -6.33. The molecule has 0 spiro atoms. The highest BCUT2D eigenvalue weighted by Gasteiger charge is 2.25. The summed E-state index contributed by atoms with van der Waals surface area (Å²) in [7, 11) is 0. The van der Waals surface area contributed by atoms with Gasteiger partial charge in [0.25, 0.3) is 0 Å². The molecule has 1 atom stereocenters. The number of allylic oxidation sites excluding steroid dienone is 2. The normalized spacial score (nSPS) is 14.0. The third-order valence-electron chi connectivity index (χ3n) is 13.9. The van der Waals surface area contributed by atoms with Gasteiger partial charge in [0.1, 0.15) is 17.4 Å². The molecule has 1 unspecified atom stereocenters. The molecule has 125 heavy (non-hydrogen) atoms. The minimum Gasteiger partial charge on any atom is -0.443 e. The molecule has 0 saturated heterocycles. The highest BCUT2D eigenvalue weighted by atomic mass is 32.1. The van der Waals surface area contributed by atoms with Gasteiger partial charge in [0.15, 0.2) is 23.7 Å². The van der Waals surface area contributed by atoms with E-state index in [4.69, 9.17) is 13.8 Å². The van der Waals surface area contributed by atoms with Gasteiger partial charge in [-0.1, -0.05) is 366 Å². The summed E-state index contributed by atoms with van der Waals surface area (Å²) in [6, 6.07) is 24.0. The number of fused-ring (bicyclic) bond motifs is 8. The number of aromatic nitrogens is 6. The Labute approximate surface area is 785 Å². The lowest BCUT2D eigenvalue weighted by Crippen LogP contribution is -2.33. The minimum absolute atomic E-state index is 0.0149. The lowest BCUT2D eigenvalue weighted by Gasteiger charge is -2.19. The van der Waals surface area contributed by atoms with Crippen LogP contribution in [0.3, 0.4) is 0 Å². The Morgan fingerprint density at radius 2 is 0.736 bits per heavy atom. The van der Waals surface area contributed by atoms with Crippen LogP contribution in [0.15, 0.2) is 128 Å². The fourth-order valence-corrected chi connectivity index (χ4v) is 13.0. The van der Waals surface area contributed by atoms with E-state index in [9.17, 15) is 0 Å². The lowest BCUT2D eigenvalue weighted by atomic mass is 9.97. The summed E-state index contributed by atoms with van der Waals surface area (Å²) < 4.78 is 10.6. The number of rotatable bonds is 0. The largest absolute Gasteiger partial charge is 0.443 e. The number of nitrogens with one attached hydrogen (secondary N) is 6. The maximum Gasteiger partial charge on any atom is 0.200 e. The Bertz CT molecular complexity index is 3710. The Kier molecular flexibility index (Phi) is 70.8. The van der Waals surface area contributed by atoms with Gasteiger partial charge in [-0.05, 0) is 87.5 Å². The van der Waals surface area contributed by atoms with Gasteiger partial charge in [0.2, 0.25) is 5.89 Å².